The van der Waals surface area contributed by atoms with Gasteiger partial charge >= 0.3 is 6.18 Å². The van der Waals surface area contributed by atoms with Crippen molar-refractivity contribution in [3.8, 4) is 5.75 Å². The Labute approximate surface area is 219 Å². The van der Waals surface area contributed by atoms with Gasteiger partial charge in [-0.3, -0.25) is 9.88 Å². The predicted octanol–water partition coefficient (Wildman–Crippen LogP) is 6.19. The molecule has 1 N–H and O–H groups in total. The maximum atomic E-state index is 13.2. The molecule has 1 fully saturated rings. The van der Waals surface area contributed by atoms with Crippen molar-refractivity contribution in [3.63, 3.8) is 0 Å². The topological polar surface area (TPSA) is 45.6 Å². The Morgan fingerprint density at radius 2 is 1.73 bits per heavy atom. The molecule has 1 atom stereocenters. The van der Waals surface area contributed by atoms with Gasteiger partial charge in [-0.25, -0.2) is 0 Å². The zero-order chi connectivity index (χ0) is 26.0. The highest BCUT2D eigenvalue weighted by atomic mass is 35.5. The van der Waals surface area contributed by atoms with E-state index in [4.69, 9.17) is 21.3 Å². The molecule has 0 bridgehead atoms. The maximum Gasteiger partial charge on any atom is 0.419 e. The number of likely N-dealkylation sites (tertiary alicyclic amines) is 1. The number of aryl methyl sites for hydroxylation is 2. The Balaban J connectivity index is 1.28. The molecule has 2 heterocycles. The van der Waals surface area contributed by atoms with Crippen LogP contribution in [0.25, 0.3) is 5.57 Å². The summed E-state index contributed by atoms with van der Waals surface area (Å²) in [5.74, 6) is -0.266. The Bertz CT molecular complexity index is 1300. The van der Waals surface area contributed by atoms with Crippen molar-refractivity contribution in [1.29, 1.82) is 0 Å². The van der Waals surface area contributed by atoms with Crippen molar-refractivity contribution >= 4 is 17.2 Å². The Morgan fingerprint density at radius 1 is 0.973 bits per heavy atom. The molecule has 37 heavy (non-hydrogen) atoms. The van der Waals surface area contributed by atoms with Crippen molar-refractivity contribution in [1.82, 2.24) is 9.88 Å². The number of aliphatic hydroxyl groups excluding tert-OH is 1. The molecule has 4 nitrogen and oxygen atoms in total. The van der Waals surface area contributed by atoms with Crippen molar-refractivity contribution in [2.75, 3.05) is 26.2 Å². The molecule has 1 saturated heterocycles. The number of aliphatic hydroxyl groups is 1. The normalized spacial score (nSPS) is 17.1. The van der Waals surface area contributed by atoms with Crippen LogP contribution in [-0.2, 0) is 19.0 Å². The zero-order valence-electron chi connectivity index (χ0n) is 20.3. The third-order valence-electron chi connectivity index (χ3n) is 7.03. The second-order valence-electron chi connectivity index (χ2n) is 9.55. The van der Waals surface area contributed by atoms with Gasteiger partial charge in [0.05, 0.1) is 11.3 Å². The number of pyridine rings is 1. The fourth-order valence-corrected chi connectivity index (χ4v) is 5.45. The number of para-hydroxylation sites is 1. The first kappa shape index (κ1) is 25.8. The fourth-order valence-electron chi connectivity index (χ4n) is 5.25. The molecule has 194 valence electrons. The summed E-state index contributed by atoms with van der Waals surface area (Å²) in [5, 5.41) is 11.2. The minimum Gasteiger partial charge on any atom is -0.490 e. The van der Waals surface area contributed by atoms with E-state index >= 15 is 0 Å². The summed E-state index contributed by atoms with van der Waals surface area (Å²) in [5.41, 5.74) is 6.34. The zero-order valence-corrected chi connectivity index (χ0v) is 21.0. The highest BCUT2D eigenvalue weighted by molar-refractivity contribution is 6.30. The lowest BCUT2D eigenvalue weighted by Crippen LogP contribution is -2.39. The largest absolute Gasteiger partial charge is 0.490 e. The summed E-state index contributed by atoms with van der Waals surface area (Å²) in [6.07, 6.45) is -0.130. The number of fused-ring (bicyclic) bond motifs is 2. The number of halogens is 4. The van der Waals surface area contributed by atoms with E-state index in [0.29, 0.717) is 6.54 Å². The first-order valence-corrected chi connectivity index (χ1v) is 12.8. The first-order valence-electron chi connectivity index (χ1n) is 12.4. The molecule has 1 unspecified atom stereocenters. The first-order chi connectivity index (χ1) is 17.8. The van der Waals surface area contributed by atoms with Crippen LogP contribution in [0.5, 0.6) is 5.75 Å². The average Bonchev–Trinajstić information content (AvgIpc) is 3.04. The highest BCUT2D eigenvalue weighted by Crippen LogP contribution is 2.39. The number of rotatable bonds is 5. The van der Waals surface area contributed by atoms with Crippen molar-refractivity contribution in [2.24, 2.45) is 0 Å². The van der Waals surface area contributed by atoms with Crippen LogP contribution >= 0.6 is 11.6 Å². The van der Waals surface area contributed by atoms with E-state index in [1.165, 1.54) is 46.0 Å². The minimum absolute atomic E-state index is 0.205. The van der Waals surface area contributed by atoms with Crippen LogP contribution in [0, 0.1) is 0 Å². The molecular weight excluding hydrogens is 501 g/mol. The lowest BCUT2D eigenvalue weighted by molar-refractivity contribution is -0.139. The number of hydrogen-bond donors (Lipinski definition) is 1. The van der Waals surface area contributed by atoms with Gasteiger partial charge in [-0.05, 0) is 72.7 Å². The van der Waals surface area contributed by atoms with Crippen LogP contribution in [0.4, 0.5) is 13.2 Å². The van der Waals surface area contributed by atoms with Crippen LogP contribution in [0.3, 0.4) is 0 Å². The van der Waals surface area contributed by atoms with Gasteiger partial charge in [-0.2, -0.15) is 13.2 Å². The van der Waals surface area contributed by atoms with Gasteiger partial charge in [0.1, 0.15) is 18.5 Å². The van der Waals surface area contributed by atoms with E-state index in [1.807, 2.05) is 24.4 Å². The Hall–Kier alpha value is -2.87. The molecule has 1 aliphatic carbocycles. The second kappa shape index (κ2) is 10.9. The second-order valence-corrected chi connectivity index (χ2v) is 9.99. The number of aromatic nitrogens is 1. The van der Waals surface area contributed by atoms with Gasteiger partial charge in [0.2, 0.25) is 0 Å². The third kappa shape index (κ3) is 5.84. The monoisotopic (exact) mass is 528 g/mol. The summed E-state index contributed by atoms with van der Waals surface area (Å²) >= 11 is 6.31. The number of ether oxygens (including phenoxy) is 1. The minimum atomic E-state index is -4.51. The predicted molar refractivity (Wildman–Crippen MR) is 138 cm³/mol. The van der Waals surface area contributed by atoms with E-state index < -0.39 is 17.8 Å². The van der Waals surface area contributed by atoms with E-state index in [1.54, 1.807) is 0 Å². The SMILES string of the molecule is OC(COc1ccccc1C(F)(F)F)CN1CCC(=C2c3ccc(Cl)cc3CCc3cccnc32)CC1. The lowest BCUT2D eigenvalue weighted by Gasteiger charge is -2.31. The Kier molecular flexibility index (Phi) is 7.56. The molecular formula is C29H28ClF3N2O2. The molecule has 8 heteroatoms. The van der Waals surface area contributed by atoms with E-state index in [2.05, 4.69) is 17.0 Å². The van der Waals surface area contributed by atoms with Crippen molar-refractivity contribution in [3.05, 3.63) is 99.3 Å². The van der Waals surface area contributed by atoms with Crippen molar-refractivity contribution in [2.45, 2.75) is 38.0 Å². The molecule has 1 aliphatic heterocycles. The maximum absolute atomic E-state index is 13.2. The molecule has 0 amide bonds. The molecule has 5 rings (SSSR count). The number of benzene rings is 2. The number of nitrogens with zero attached hydrogens (tertiary/aromatic N) is 2. The molecule has 2 aliphatic rings. The van der Waals surface area contributed by atoms with E-state index in [0.717, 1.165) is 55.6 Å². The Morgan fingerprint density at radius 3 is 2.51 bits per heavy atom. The van der Waals surface area contributed by atoms with Crippen LogP contribution in [0.1, 0.15) is 40.8 Å². The van der Waals surface area contributed by atoms with Gasteiger partial charge in [-0.15, -0.1) is 0 Å². The highest BCUT2D eigenvalue weighted by Gasteiger charge is 2.34. The summed E-state index contributed by atoms with van der Waals surface area (Å²) < 4.78 is 45.0. The van der Waals surface area contributed by atoms with Gasteiger partial charge in [0.15, 0.2) is 0 Å². The summed E-state index contributed by atoms with van der Waals surface area (Å²) in [6, 6.07) is 15.2. The number of hydrogen-bond acceptors (Lipinski definition) is 4. The van der Waals surface area contributed by atoms with Gasteiger partial charge in [-0.1, -0.05) is 41.4 Å². The van der Waals surface area contributed by atoms with Crippen molar-refractivity contribution < 1.29 is 23.0 Å². The van der Waals surface area contributed by atoms with Gasteiger partial charge in [0, 0.05) is 36.4 Å². The van der Waals surface area contributed by atoms with Crippen LogP contribution < -0.4 is 4.74 Å². The van der Waals surface area contributed by atoms with Gasteiger partial charge in [0.25, 0.3) is 0 Å². The fraction of sp³-hybridized carbons (Fsp3) is 0.345. The summed E-state index contributed by atoms with van der Waals surface area (Å²) in [4.78, 5) is 6.89. The number of alkyl halides is 3. The van der Waals surface area contributed by atoms with Crippen LogP contribution in [0.15, 0.2) is 66.4 Å². The van der Waals surface area contributed by atoms with Gasteiger partial charge < -0.3 is 9.84 Å². The molecule has 2 aromatic carbocycles. The summed E-state index contributed by atoms with van der Waals surface area (Å²) in [6.45, 7) is 1.60. The molecule has 0 spiro atoms. The number of piperidine rings is 1. The summed E-state index contributed by atoms with van der Waals surface area (Å²) in [7, 11) is 0. The molecule has 0 saturated carbocycles. The quantitative estimate of drug-likeness (QED) is 0.429. The smallest absolute Gasteiger partial charge is 0.419 e. The van der Waals surface area contributed by atoms with Crippen LogP contribution in [0.2, 0.25) is 5.02 Å². The van der Waals surface area contributed by atoms with E-state index in [9.17, 15) is 18.3 Å². The molecule has 0 radical (unpaired) electrons. The van der Waals surface area contributed by atoms with E-state index in [-0.39, 0.29) is 12.4 Å². The standard InChI is InChI=1S/C29H28ClF3N2O2/c30-22-9-10-24-21(16-22)8-7-20-4-3-13-34-28(20)27(24)19-11-14-35(15-12-19)17-23(36)18-37-26-6-2-1-5-25(26)29(31,32)33/h1-6,9-10,13,16,23,36H,7-8,11-12,14-15,17-18H2. The molecule has 1 aromatic heterocycles. The number of β-amino-alcohol motifs (C(OH)–C–C–N with tert-alkyl or cyclic N) is 1. The molecule has 3 aromatic rings. The average molecular weight is 529 g/mol. The lowest BCUT2D eigenvalue weighted by atomic mass is 9.88. The van der Waals surface area contributed by atoms with Crippen LogP contribution in [-0.4, -0.2) is 47.3 Å². The third-order valence-corrected chi connectivity index (χ3v) is 7.27.